The molecule has 0 aliphatic rings. The van der Waals surface area contributed by atoms with Gasteiger partial charge in [-0.25, -0.2) is 0 Å². The molecule has 0 fully saturated rings. The Kier molecular flexibility index (Phi) is 5.73. The van der Waals surface area contributed by atoms with E-state index in [4.69, 9.17) is 23.2 Å². The zero-order chi connectivity index (χ0) is 15.3. The molecular weight excluding hydrogens is 303 g/mol. The van der Waals surface area contributed by atoms with Crippen molar-refractivity contribution in [2.45, 2.75) is 0 Å². The Morgan fingerprint density at radius 1 is 1.30 bits per heavy atom. The molecule has 0 heterocycles. The summed E-state index contributed by atoms with van der Waals surface area (Å²) in [4.78, 5) is 23.9. The first-order chi connectivity index (χ1) is 9.42. The number of benzene rings is 1. The van der Waals surface area contributed by atoms with E-state index in [0.29, 0.717) is 13.1 Å². The Hall–Kier alpha value is -1.85. The molecule has 1 amide bonds. The highest BCUT2D eigenvalue weighted by atomic mass is 35.5. The molecule has 0 unspecified atom stereocenters. The average Bonchev–Trinajstić information content (AvgIpc) is 2.40. The van der Waals surface area contributed by atoms with Crippen LogP contribution in [0.25, 0.3) is 0 Å². The van der Waals surface area contributed by atoms with E-state index >= 15 is 0 Å². The van der Waals surface area contributed by atoms with Crippen LogP contribution < -0.4 is 0 Å². The molecule has 0 saturated carbocycles. The topological polar surface area (TPSA) is 63.5 Å². The number of carbonyl (C=O) groups excluding carboxylic acids is 1. The van der Waals surface area contributed by atoms with Crippen molar-refractivity contribution in [1.29, 1.82) is 0 Å². The van der Waals surface area contributed by atoms with Gasteiger partial charge in [-0.3, -0.25) is 14.9 Å². The predicted octanol–water partition coefficient (Wildman–Crippen LogP) is 3.72. The number of halogens is 2. The summed E-state index contributed by atoms with van der Waals surface area (Å²) in [5.41, 5.74) is -0.311. The summed E-state index contributed by atoms with van der Waals surface area (Å²) in [6.45, 7) is 7.69. The van der Waals surface area contributed by atoms with E-state index in [0.717, 1.165) is 6.07 Å². The lowest BCUT2D eigenvalue weighted by atomic mass is 10.1. The highest BCUT2D eigenvalue weighted by Crippen LogP contribution is 2.33. The molecule has 0 bridgehead atoms. The summed E-state index contributed by atoms with van der Waals surface area (Å²) >= 11 is 11.6. The Morgan fingerprint density at radius 2 is 1.85 bits per heavy atom. The monoisotopic (exact) mass is 314 g/mol. The molecular formula is C13H12Cl2N2O3. The number of nitrogens with zero attached hydrogens (tertiary/aromatic N) is 2. The van der Waals surface area contributed by atoms with E-state index in [1.54, 1.807) is 12.2 Å². The number of rotatable bonds is 6. The van der Waals surface area contributed by atoms with Gasteiger partial charge in [0.1, 0.15) is 5.02 Å². The van der Waals surface area contributed by atoms with Gasteiger partial charge in [0.05, 0.1) is 9.95 Å². The van der Waals surface area contributed by atoms with Crippen LogP contribution in [0.3, 0.4) is 0 Å². The second kappa shape index (κ2) is 7.07. The lowest BCUT2D eigenvalue weighted by Gasteiger charge is -2.19. The van der Waals surface area contributed by atoms with Gasteiger partial charge in [-0.15, -0.1) is 13.2 Å². The molecule has 1 aromatic carbocycles. The minimum absolute atomic E-state index is 0.0404. The first-order valence-corrected chi connectivity index (χ1v) is 6.32. The summed E-state index contributed by atoms with van der Waals surface area (Å²) in [7, 11) is 0. The average molecular weight is 315 g/mol. The summed E-state index contributed by atoms with van der Waals surface area (Å²) in [6.07, 6.45) is 3.10. The van der Waals surface area contributed by atoms with Gasteiger partial charge in [0.15, 0.2) is 0 Å². The van der Waals surface area contributed by atoms with Crippen LogP contribution in [0.1, 0.15) is 10.4 Å². The van der Waals surface area contributed by atoms with Crippen molar-refractivity contribution >= 4 is 34.8 Å². The standard InChI is InChI=1S/C13H12Cl2N2O3/c1-3-5-16(6-4-2)13(18)9-7-10(14)12(15)11(8-9)17(19)20/h3-4,7-8H,1-2,5-6H2. The Bertz CT molecular complexity index is 563. The maximum absolute atomic E-state index is 12.3. The van der Waals surface area contributed by atoms with Crippen LogP contribution in [0.15, 0.2) is 37.4 Å². The maximum atomic E-state index is 12.3. The molecule has 106 valence electrons. The number of nitro benzene ring substituents is 1. The molecule has 7 heteroatoms. The number of hydrogen-bond donors (Lipinski definition) is 0. The van der Waals surface area contributed by atoms with Crippen molar-refractivity contribution in [1.82, 2.24) is 4.90 Å². The van der Waals surface area contributed by atoms with Crippen molar-refractivity contribution in [2.75, 3.05) is 13.1 Å². The molecule has 0 N–H and O–H groups in total. The smallest absolute Gasteiger partial charge is 0.290 e. The maximum Gasteiger partial charge on any atom is 0.290 e. The van der Waals surface area contributed by atoms with Crippen LogP contribution in [-0.2, 0) is 0 Å². The largest absolute Gasteiger partial charge is 0.331 e. The molecule has 0 aromatic heterocycles. The van der Waals surface area contributed by atoms with Crippen molar-refractivity contribution in [2.24, 2.45) is 0 Å². The van der Waals surface area contributed by atoms with Crippen LogP contribution in [0, 0.1) is 10.1 Å². The molecule has 0 aliphatic carbocycles. The van der Waals surface area contributed by atoms with Crippen LogP contribution in [0.2, 0.25) is 10.0 Å². The first kappa shape index (κ1) is 16.2. The zero-order valence-corrected chi connectivity index (χ0v) is 12.0. The van der Waals surface area contributed by atoms with Gasteiger partial charge in [-0.05, 0) is 6.07 Å². The second-order valence-electron chi connectivity index (χ2n) is 3.84. The molecule has 0 radical (unpaired) electrons. The molecule has 0 spiro atoms. The Labute approximate surface area is 126 Å². The van der Waals surface area contributed by atoms with Crippen LogP contribution >= 0.6 is 23.2 Å². The lowest BCUT2D eigenvalue weighted by Crippen LogP contribution is -2.31. The van der Waals surface area contributed by atoms with Gasteiger partial charge >= 0.3 is 0 Å². The second-order valence-corrected chi connectivity index (χ2v) is 4.62. The fourth-order valence-electron chi connectivity index (χ4n) is 1.57. The predicted molar refractivity (Wildman–Crippen MR) is 79.4 cm³/mol. The third kappa shape index (κ3) is 3.59. The fourth-order valence-corrected chi connectivity index (χ4v) is 1.96. The van der Waals surface area contributed by atoms with Crippen LogP contribution in [0.4, 0.5) is 5.69 Å². The molecule has 1 rings (SSSR count). The Morgan fingerprint density at radius 3 is 2.30 bits per heavy atom. The summed E-state index contributed by atoms with van der Waals surface area (Å²) in [6, 6.07) is 2.41. The number of carbonyl (C=O) groups is 1. The van der Waals surface area contributed by atoms with Crippen LogP contribution in [-0.4, -0.2) is 28.8 Å². The van der Waals surface area contributed by atoms with E-state index in [2.05, 4.69) is 13.2 Å². The van der Waals surface area contributed by atoms with Crippen LogP contribution in [0.5, 0.6) is 0 Å². The van der Waals surface area contributed by atoms with Gasteiger partial charge in [-0.1, -0.05) is 35.4 Å². The third-order valence-corrected chi connectivity index (χ3v) is 3.23. The number of amides is 1. The first-order valence-electron chi connectivity index (χ1n) is 5.56. The molecule has 0 saturated heterocycles. The number of hydrogen-bond acceptors (Lipinski definition) is 3. The van der Waals surface area contributed by atoms with E-state index in [9.17, 15) is 14.9 Å². The summed E-state index contributed by atoms with van der Waals surface area (Å²) in [5.74, 6) is -0.411. The van der Waals surface area contributed by atoms with E-state index in [-0.39, 0.29) is 15.6 Å². The summed E-state index contributed by atoms with van der Waals surface area (Å²) in [5, 5.41) is 10.6. The normalized spacial score (nSPS) is 9.90. The molecule has 20 heavy (non-hydrogen) atoms. The van der Waals surface area contributed by atoms with Crippen molar-refractivity contribution in [3.63, 3.8) is 0 Å². The van der Waals surface area contributed by atoms with Gasteiger partial charge in [0.2, 0.25) is 0 Å². The minimum Gasteiger partial charge on any atom is -0.331 e. The minimum atomic E-state index is -0.684. The lowest BCUT2D eigenvalue weighted by molar-refractivity contribution is -0.384. The highest BCUT2D eigenvalue weighted by Gasteiger charge is 2.22. The molecule has 0 aliphatic heterocycles. The van der Waals surface area contributed by atoms with Gasteiger partial charge < -0.3 is 4.90 Å². The fraction of sp³-hybridized carbons (Fsp3) is 0.154. The van der Waals surface area contributed by atoms with E-state index in [1.165, 1.54) is 11.0 Å². The van der Waals surface area contributed by atoms with E-state index in [1.807, 2.05) is 0 Å². The van der Waals surface area contributed by atoms with Crippen molar-refractivity contribution in [3.8, 4) is 0 Å². The molecule has 1 aromatic rings. The van der Waals surface area contributed by atoms with E-state index < -0.39 is 16.5 Å². The summed E-state index contributed by atoms with van der Waals surface area (Å²) < 4.78 is 0. The van der Waals surface area contributed by atoms with Gasteiger partial charge in [0, 0.05) is 24.7 Å². The van der Waals surface area contributed by atoms with Gasteiger partial charge in [-0.2, -0.15) is 0 Å². The zero-order valence-electron chi connectivity index (χ0n) is 10.5. The number of nitro groups is 1. The van der Waals surface area contributed by atoms with Crippen molar-refractivity contribution < 1.29 is 9.72 Å². The third-order valence-electron chi connectivity index (χ3n) is 2.44. The molecule has 5 nitrogen and oxygen atoms in total. The Balaban J connectivity index is 3.24. The van der Waals surface area contributed by atoms with Crippen molar-refractivity contribution in [3.05, 3.63) is 63.2 Å². The quantitative estimate of drug-likeness (QED) is 0.456. The molecule has 0 atom stereocenters. The van der Waals surface area contributed by atoms with Gasteiger partial charge in [0.25, 0.3) is 11.6 Å². The highest BCUT2D eigenvalue weighted by molar-refractivity contribution is 6.43. The SMILES string of the molecule is C=CCN(CC=C)C(=O)c1cc(Cl)c(Cl)c([N+](=O)[O-])c1.